The Balaban J connectivity index is 1.47. The molecule has 1 saturated carbocycles. The Kier molecular flexibility index (Phi) is 3.08. The molecule has 3 nitrogen and oxygen atoms in total. The predicted molar refractivity (Wildman–Crippen MR) is 86.9 cm³/mol. The van der Waals surface area contributed by atoms with Crippen molar-refractivity contribution in [2.75, 3.05) is 5.32 Å². The van der Waals surface area contributed by atoms with E-state index in [2.05, 4.69) is 33.7 Å². The number of nitrogens with zero attached hydrogens (tertiary/aromatic N) is 1. The van der Waals surface area contributed by atoms with Crippen LogP contribution in [0.2, 0.25) is 5.02 Å². The highest BCUT2D eigenvalue weighted by Crippen LogP contribution is 2.41. The highest BCUT2D eigenvalue weighted by atomic mass is 35.5. The molecule has 4 rings (SSSR count). The lowest BCUT2D eigenvalue weighted by atomic mass is 9.75. The molecule has 0 saturated heterocycles. The van der Waals surface area contributed by atoms with Crippen LogP contribution in [0.15, 0.2) is 48.7 Å². The van der Waals surface area contributed by atoms with Gasteiger partial charge in [-0.15, -0.1) is 0 Å². The molecule has 1 heterocycles. The molecule has 0 unspecified atom stereocenters. The van der Waals surface area contributed by atoms with Crippen molar-refractivity contribution in [2.45, 2.75) is 24.8 Å². The fourth-order valence-corrected chi connectivity index (χ4v) is 3.40. The van der Waals surface area contributed by atoms with Crippen LogP contribution >= 0.6 is 11.6 Å². The zero-order valence-corrected chi connectivity index (χ0v) is 12.3. The number of nitrogens with one attached hydrogen (secondary N) is 2. The van der Waals surface area contributed by atoms with Crippen LogP contribution in [0.3, 0.4) is 0 Å². The van der Waals surface area contributed by atoms with Crippen molar-refractivity contribution in [3.8, 4) is 0 Å². The van der Waals surface area contributed by atoms with E-state index < -0.39 is 0 Å². The maximum Gasteiger partial charge on any atom is 0.0671 e. The summed E-state index contributed by atoms with van der Waals surface area (Å²) in [5.74, 6) is 0.569. The molecule has 0 aliphatic heterocycles. The number of hydrogen-bond acceptors (Lipinski definition) is 2. The van der Waals surface area contributed by atoms with Crippen molar-refractivity contribution < 1.29 is 0 Å². The molecular weight excluding hydrogens is 282 g/mol. The summed E-state index contributed by atoms with van der Waals surface area (Å²) in [6.45, 7) is 0. The van der Waals surface area contributed by atoms with Crippen LogP contribution in [0.1, 0.15) is 24.3 Å². The maximum absolute atomic E-state index is 6.27. The van der Waals surface area contributed by atoms with Crippen LogP contribution in [0.25, 0.3) is 10.9 Å². The second kappa shape index (κ2) is 5.08. The quantitative estimate of drug-likeness (QED) is 0.743. The Morgan fingerprint density at radius 1 is 1.10 bits per heavy atom. The minimum Gasteiger partial charge on any atom is -0.382 e. The molecule has 106 valence electrons. The molecular formula is C17H16ClN3. The van der Waals surface area contributed by atoms with Gasteiger partial charge in [-0.2, -0.15) is 5.10 Å². The van der Waals surface area contributed by atoms with Gasteiger partial charge in [-0.3, -0.25) is 5.10 Å². The monoisotopic (exact) mass is 297 g/mol. The second-order valence-electron chi connectivity index (χ2n) is 5.67. The van der Waals surface area contributed by atoms with Crippen LogP contribution in [0.4, 0.5) is 5.69 Å². The highest BCUT2D eigenvalue weighted by Gasteiger charge is 2.31. The molecule has 3 aromatic rings. The number of halogens is 1. The predicted octanol–water partition coefficient (Wildman–Crippen LogP) is 4.57. The summed E-state index contributed by atoms with van der Waals surface area (Å²) in [5.41, 5.74) is 3.50. The molecule has 1 aromatic heterocycles. The third-order valence-corrected chi connectivity index (χ3v) is 4.67. The largest absolute Gasteiger partial charge is 0.382 e. The molecule has 0 amide bonds. The van der Waals surface area contributed by atoms with Crippen LogP contribution < -0.4 is 5.32 Å². The summed E-state index contributed by atoms with van der Waals surface area (Å²) in [6.07, 6.45) is 4.12. The molecule has 0 bridgehead atoms. The number of anilines is 1. The van der Waals surface area contributed by atoms with E-state index in [-0.39, 0.29) is 0 Å². The number of benzene rings is 2. The summed E-state index contributed by atoms with van der Waals surface area (Å²) >= 11 is 6.27. The number of H-pyrrole nitrogens is 1. The number of aromatic amines is 1. The Bertz CT molecular complexity index is 774. The summed E-state index contributed by atoms with van der Waals surface area (Å²) in [7, 11) is 0. The first-order valence-corrected chi connectivity index (χ1v) is 7.62. The van der Waals surface area contributed by atoms with E-state index in [1.165, 1.54) is 5.56 Å². The van der Waals surface area contributed by atoms with Crippen LogP contribution in [0.5, 0.6) is 0 Å². The third-order valence-electron chi connectivity index (χ3n) is 4.33. The van der Waals surface area contributed by atoms with Gasteiger partial charge in [-0.25, -0.2) is 0 Å². The van der Waals surface area contributed by atoms with Crippen molar-refractivity contribution in [2.24, 2.45) is 0 Å². The van der Waals surface area contributed by atoms with Crippen molar-refractivity contribution in [3.05, 3.63) is 59.2 Å². The lowest BCUT2D eigenvalue weighted by Gasteiger charge is -2.37. The number of aromatic nitrogens is 2. The lowest BCUT2D eigenvalue weighted by molar-refractivity contribution is 0.374. The van der Waals surface area contributed by atoms with Crippen molar-refractivity contribution in [1.82, 2.24) is 10.2 Å². The van der Waals surface area contributed by atoms with E-state index in [1.807, 2.05) is 30.5 Å². The van der Waals surface area contributed by atoms with Gasteiger partial charge in [0, 0.05) is 22.1 Å². The Labute approximate surface area is 128 Å². The molecule has 0 radical (unpaired) electrons. The first-order chi connectivity index (χ1) is 10.3. The minimum atomic E-state index is 0.506. The van der Waals surface area contributed by atoms with E-state index in [0.717, 1.165) is 34.5 Å². The smallest absolute Gasteiger partial charge is 0.0671 e. The summed E-state index contributed by atoms with van der Waals surface area (Å²) in [4.78, 5) is 0. The van der Waals surface area contributed by atoms with Gasteiger partial charge in [0.25, 0.3) is 0 Å². The first kappa shape index (κ1) is 12.7. The van der Waals surface area contributed by atoms with Crippen molar-refractivity contribution >= 4 is 28.2 Å². The summed E-state index contributed by atoms with van der Waals surface area (Å²) in [5, 5.41) is 12.8. The van der Waals surface area contributed by atoms with E-state index in [4.69, 9.17) is 11.6 Å². The fourth-order valence-electron chi connectivity index (χ4n) is 3.11. The molecule has 4 heteroatoms. The van der Waals surface area contributed by atoms with E-state index in [1.54, 1.807) is 0 Å². The Morgan fingerprint density at radius 3 is 2.81 bits per heavy atom. The topological polar surface area (TPSA) is 40.7 Å². The van der Waals surface area contributed by atoms with E-state index in [9.17, 15) is 0 Å². The van der Waals surface area contributed by atoms with E-state index in [0.29, 0.717) is 12.0 Å². The molecule has 0 atom stereocenters. The van der Waals surface area contributed by atoms with Crippen LogP contribution in [0, 0.1) is 0 Å². The van der Waals surface area contributed by atoms with Crippen LogP contribution in [-0.2, 0) is 0 Å². The molecule has 21 heavy (non-hydrogen) atoms. The number of fused-ring (bicyclic) bond motifs is 1. The van der Waals surface area contributed by atoms with Gasteiger partial charge in [0.2, 0.25) is 0 Å². The summed E-state index contributed by atoms with van der Waals surface area (Å²) < 4.78 is 0. The average Bonchev–Trinajstić information content (AvgIpc) is 2.93. The fraction of sp³-hybridized carbons (Fsp3) is 0.235. The van der Waals surface area contributed by atoms with Gasteiger partial charge in [-0.1, -0.05) is 35.9 Å². The third kappa shape index (κ3) is 2.28. The second-order valence-corrected chi connectivity index (χ2v) is 6.08. The molecule has 2 N–H and O–H groups in total. The molecule has 0 spiro atoms. The minimum absolute atomic E-state index is 0.506. The Morgan fingerprint density at radius 2 is 1.95 bits per heavy atom. The molecule has 1 aliphatic carbocycles. The Hall–Kier alpha value is -2.00. The zero-order valence-electron chi connectivity index (χ0n) is 11.5. The van der Waals surface area contributed by atoms with Gasteiger partial charge < -0.3 is 5.32 Å². The SMILES string of the molecule is Clc1ccccc1C1CC(Nc2cccc3[nH]ncc23)C1. The van der Waals surface area contributed by atoms with Gasteiger partial charge in [-0.05, 0) is 42.5 Å². The average molecular weight is 298 g/mol. The lowest BCUT2D eigenvalue weighted by Crippen LogP contribution is -2.34. The standard InChI is InChI=1S/C17H16ClN3/c18-15-5-2-1-4-13(15)11-8-12(9-11)20-16-6-3-7-17-14(16)10-19-21-17/h1-7,10-12,20H,8-9H2,(H,19,21). The highest BCUT2D eigenvalue weighted by molar-refractivity contribution is 6.31. The first-order valence-electron chi connectivity index (χ1n) is 7.24. The normalized spacial score (nSPS) is 21.2. The van der Waals surface area contributed by atoms with E-state index >= 15 is 0 Å². The number of rotatable bonds is 3. The van der Waals surface area contributed by atoms with Gasteiger partial charge in [0.05, 0.1) is 11.7 Å². The van der Waals surface area contributed by atoms with Crippen LogP contribution in [-0.4, -0.2) is 16.2 Å². The zero-order chi connectivity index (χ0) is 14.2. The van der Waals surface area contributed by atoms with Crippen molar-refractivity contribution in [3.63, 3.8) is 0 Å². The maximum atomic E-state index is 6.27. The molecule has 2 aromatic carbocycles. The molecule has 1 aliphatic rings. The molecule has 1 fully saturated rings. The van der Waals surface area contributed by atoms with Gasteiger partial charge in [0.1, 0.15) is 0 Å². The summed E-state index contributed by atoms with van der Waals surface area (Å²) in [6, 6.07) is 14.9. The van der Waals surface area contributed by atoms with Gasteiger partial charge in [0.15, 0.2) is 0 Å². The number of hydrogen-bond donors (Lipinski definition) is 2. The van der Waals surface area contributed by atoms with Crippen molar-refractivity contribution in [1.29, 1.82) is 0 Å². The van der Waals surface area contributed by atoms with Gasteiger partial charge >= 0.3 is 0 Å².